The van der Waals surface area contributed by atoms with Crippen LogP contribution in [0.25, 0.3) is 0 Å². The molecule has 0 spiro atoms. The number of nitrogens with zero attached hydrogens (tertiary/aromatic N) is 1. The number of hydrogen-bond donors (Lipinski definition) is 1. The molecule has 7 heteroatoms. The average molecular weight is 396 g/mol. The Bertz CT molecular complexity index is 975. The molecule has 29 heavy (non-hydrogen) atoms. The lowest BCUT2D eigenvalue weighted by atomic mass is 10.1. The Morgan fingerprint density at radius 3 is 2.76 bits per heavy atom. The summed E-state index contributed by atoms with van der Waals surface area (Å²) in [5, 5.41) is 2.73. The number of hydrogen-bond acceptors (Lipinski definition) is 4. The van der Waals surface area contributed by atoms with Crippen molar-refractivity contribution in [3.8, 4) is 0 Å². The highest BCUT2D eigenvalue weighted by atomic mass is 19.1. The van der Waals surface area contributed by atoms with Crippen molar-refractivity contribution >= 4 is 29.2 Å². The van der Waals surface area contributed by atoms with Gasteiger partial charge in [0.15, 0.2) is 6.61 Å². The van der Waals surface area contributed by atoms with Gasteiger partial charge in [0, 0.05) is 18.7 Å². The van der Waals surface area contributed by atoms with Gasteiger partial charge in [0.05, 0.1) is 11.6 Å². The number of nitrogens with one attached hydrogen (secondary N) is 1. The maximum absolute atomic E-state index is 13.9. The number of amides is 2. The molecule has 0 unspecified atom stereocenters. The van der Waals surface area contributed by atoms with Crippen molar-refractivity contribution in [2.45, 2.75) is 25.7 Å². The molecule has 1 fully saturated rings. The fraction of sp³-hybridized carbons (Fsp3) is 0.318. The fourth-order valence-corrected chi connectivity index (χ4v) is 3.87. The van der Waals surface area contributed by atoms with Gasteiger partial charge in [-0.1, -0.05) is 18.2 Å². The minimum Gasteiger partial charge on any atom is -0.455 e. The number of carbonyl (C=O) groups is 3. The van der Waals surface area contributed by atoms with Gasteiger partial charge in [-0.2, -0.15) is 0 Å². The highest BCUT2D eigenvalue weighted by molar-refractivity contribution is 6.00. The summed E-state index contributed by atoms with van der Waals surface area (Å²) in [5.74, 6) is -2.67. The topological polar surface area (TPSA) is 75.7 Å². The predicted molar refractivity (Wildman–Crippen MR) is 105 cm³/mol. The van der Waals surface area contributed by atoms with Crippen molar-refractivity contribution in [1.82, 2.24) is 0 Å². The van der Waals surface area contributed by atoms with Gasteiger partial charge in [-0.05, 0) is 54.7 Å². The first kappa shape index (κ1) is 19.1. The molecule has 150 valence electrons. The van der Waals surface area contributed by atoms with Crippen molar-refractivity contribution in [2.24, 2.45) is 5.92 Å². The maximum atomic E-state index is 13.9. The van der Waals surface area contributed by atoms with Gasteiger partial charge in [-0.15, -0.1) is 0 Å². The van der Waals surface area contributed by atoms with Gasteiger partial charge in [0.1, 0.15) is 5.82 Å². The number of para-hydroxylation sites is 1. The lowest BCUT2D eigenvalue weighted by molar-refractivity contribution is -0.151. The molecule has 2 aromatic rings. The minimum atomic E-state index is -0.727. The van der Waals surface area contributed by atoms with Crippen molar-refractivity contribution in [2.75, 3.05) is 23.4 Å². The smallest absolute Gasteiger partial charge is 0.311 e. The molecule has 1 N–H and O–H groups in total. The monoisotopic (exact) mass is 396 g/mol. The van der Waals surface area contributed by atoms with Crippen LogP contribution in [0.4, 0.5) is 15.8 Å². The number of aryl methyl sites for hydroxylation is 2. The molecule has 1 aliphatic carbocycles. The number of benzene rings is 2. The van der Waals surface area contributed by atoms with E-state index in [9.17, 15) is 18.8 Å². The summed E-state index contributed by atoms with van der Waals surface area (Å²) in [4.78, 5) is 37.8. The molecule has 1 atom stereocenters. The van der Waals surface area contributed by atoms with Crippen molar-refractivity contribution in [1.29, 1.82) is 0 Å². The maximum Gasteiger partial charge on any atom is 0.311 e. The molecule has 0 saturated carbocycles. The molecule has 2 amide bonds. The summed E-state index contributed by atoms with van der Waals surface area (Å²) in [6, 6.07) is 11.7. The van der Waals surface area contributed by atoms with Crippen LogP contribution in [0.15, 0.2) is 42.5 Å². The SMILES string of the molecule is O=C(COC(=O)[C@H]1CC(=O)N(c2ccccc2F)C1)Nc1ccc2c(c1)CCC2. The number of halogens is 1. The number of esters is 1. The highest BCUT2D eigenvalue weighted by Gasteiger charge is 2.37. The van der Waals surface area contributed by atoms with Gasteiger partial charge in [0.2, 0.25) is 5.91 Å². The van der Waals surface area contributed by atoms with Gasteiger partial charge in [-0.3, -0.25) is 14.4 Å². The second-order valence-corrected chi connectivity index (χ2v) is 7.35. The Morgan fingerprint density at radius 1 is 1.14 bits per heavy atom. The first-order valence-corrected chi connectivity index (χ1v) is 9.64. The van der Waals surface area contributed by atoms with Crippen molar-refractivity contribution < 1.29 is 23.5 Å². The molecular formula is C22H21FN2O4. The van der Waals surface area contributed by atoms with E-state index >= 15 is 0 Å². The Morgan fingerprint density at radius 2 is 1.93 bits per heavy atom. The van der Waals surface area contributed by atoms with E-state index in [1.807, 2.05) is 18.2 Å². The lowest BCUT2D eigenvalue weighted by Gasteiger charge is -2.17. The van der Waals surface area contributed by atoms with E-state index in [0.717, 1.165) is 19.3 Å². The van der Waals surface area contributed by atoms with E-state index in [4.69, 9.17) is 4.74 Å². The third kappa shape index (κ3) is 4.13. The Labute approximate surface area is 167 Å². The second-order valence-electron chi connectivity index (χ2n) is 7.35. The van der Waals surface area contributed by atoms with Gasteiger partial charge < -0.3 is 15.0 Å². The van der Waals surface area contributed by atoms with E-state index in [1.165, 1.54) is 34.2 Å². The second kappa shape index (κ2) is 8.03. The summed E-state index contributed by atoms with van der Waals surface area (Å²) in [6.07, 6.45) is 3.11. The number of fused-ring (bicyclic) bond motifs is 1. The molecule has 0 radical (unpaired) electrons. The van der Waals surface area contributed by atoms with E-state index in [0.29, 0.717) is 5.69 Å². The standard InChI is InChI=1S/C22H21FN2O4/c23-18-6-1-2-7-19(18)25-12-16(11-21(25)27)22(28)29-13-20(26)24-17-9-8-14-4-3-5-15(14)10-17/h1-2,6-10,16H,3-5,11-13H2,(H,24,26)/t16-/m0/s1. The van der Waals surface area contributed by atoms with E-state index in [1.54, 1.807) is 6.07 Å². The molecular weight excluding hydrogens is 375 g/mol. The zero-order valence-corrected chi connectivity index (χ0v) is 15.8. The Balaban J connectivity index is 1.30. The van der Waals surface area contributed by atoms with E-state index < -0.39 is 30.2 Å². The van der Waals surface area contributed by atoms with Gasteiger partial charge in [0.25, 0.3) is 5.91 Å². The summed E-state index contributed by atoms with van der Waals surface area (Å²) >= 11 is 0. The number of carbonyl (C=O) groups excluding carboxylic acids is 3. The first-order valence-electron chi connectivity index (χ1n) is 9.64. The predicted octanol–water partition coefficient (Wildman–Crippen LogP) is 2.85. The van der Waals surface area contributed by atoms with Crippen LogP contribution in [0, 0.1) is 11.7 Å². The van der Waals surface area contributed by atoms with Crippen LogP contribution in [0.3, 0.4) is 0 Å². The highest BCUT2D eigenvalue weighted by Crippen LogP contribution is 2.28. The summed E-state index contributed by atoms with van der Waals surface area (Å²) in [5.41, 5.74) is 3.35. The molecule has 1 heterocycles. The normalized spacial score (nSPS) is 17.9. The van der Waals surface area contributed by atoms with Crippen molar-refractivity contribution in [3.05, 3.63) is 59.4 Å². The zero-order chi connectivity index (χ0) is 20.4. The van der Waals surface area contributed by atoms with Crippen LogP contribution in [-0.4, -0.2) is 30.9 Å². The van der Waals surface area contributed by atoms with Gasteiger partial charge in [-0.25, -0.2) is 4.39 Å². The zero-order valence-electron chi connectivity index (χ0n) is 15.8. The van der Waals surface area contributed by atoms with E-state index in [-0.39, 0.29) is 24.6 Å². The summed E-state index contributed by atoms with van der Waals surface area (Å²) in [6.45, 7) is -0.397. The van der Waals surface area contributed by atoms with Crippen LogP contribution in [0.1, 0.15) is 24.0 Å². The number of rotatable bonds is 5. The molecule has 1 aliphatic heterocycles. The molecule has 2 aliphatic rings. The van der Waals surface area contributed by atoms with Crippen LogP contribution in [0.2, 0.25) is 0 Å². The third-order valence-electron chi connectivity index (χ3n) is 5.33. The molecule has 4 rings (SSSR count). The quantitative estimate of drug-likeness (QED) is 0.789. The molecule has 6 nitrogen and oxygen atoms in total. The Kier molecular flexibility index (Phi) is 5.29. The Hall–Kier alpha value is -3.22. The fourth-order valence-electron chi connectivity index (χ4n) is 3.87. The molecule has 2 aromatic carbocycles. The lowest BCUT2D eigenvalue weighted by Crippen LogP contribution is -2.28. The summed E-state index contributed by atoms with van der Waals surface area (Å²) in [7, 11) is 0. The van der Waals surface area contributed by atoms with E-state index in [2.05, 4.69) is 5.32 Å². The first-order chi connectivity index (χ1) is 14.0. The van der Waals surface area contributed by atoms with Crippen LogP contribution in [0.5, 0.6) is 0 Å². The van der Waals surface area contributed by atoms with Gasteiger partial charge >= 0.3 is 5.97 Å². The average Bonchev–Trinajstić information content (AvgIpc) is 3.32. The minimum absolute atomic E-state index is 0.0328. The number of ether oxygens (including phenoxy) is 1. The molecule has 1 saturated heterocycles. The number of anilines is 2. The molecule has 0 aromatic heterocycles. The van der Waals surface area contributed by atoms with Crippen LogP contribution < -0.4 is 10.2 Å². The van der Waals surface area contributed by atoms with Crippen LogP contribution in [-0.2, 0) is 32.0 Å². The van der Waals surface area contributed by atoms with Crippen molar-refractivity contribution in [3.63, 3.8) is 0 Å². The molecule has 0 bridgehead atoms. The third-order valence-corrected chi connectivity index (χ3v) is 5.33. The largest absolute Gasteiger partial charge is 0.455 e. The summed E-state index contributed by atoms with van der Waals surface area (Å²) < 4.78 is 19.0. The van der Waals surface area contributed by atoms with Crippen LogP contribution >= 0.6 is 0 Å².